The lowest BCUT2D eigenvalue weighted by atomic mass is 10.00. The van der Waals surface area contributed by atoms with Gasteiger partial charge in [-0.1, -0.05) is 51.1 Å². The highest BCUT2D eigenvalue weighted by Crippen LogP contribution is 2.37. The molecule has 0 saturated heterocycles. The zero-order chi connectivity index (χ0) is 31.8. The zero-order valence-electron chi connectivity index (χ0n) is 25.5. The highest BCUT2D eigenvalue weighted by atomic mass is 32.2. The first-order valence-corrected chi connectivity index (χ1v) is 17.0. The van der Waals surface area contributed by atoms with Crippen LogP contribution in [-0.4, -0.2) is 84.1 Å². The lowest BCUT2D eigenvalue weighted by Gasteiger charge is -2.26. The summed E-state index contributed by atoms with van der Waals surface area (Å²) >= 11 is 1.86. The van der Waals surface area contributed by atoms with Gasteiger partial charge in [0.05, 0.1) is 29.1 Å². The van der Waals surface area contributed by atoms with Gasteiger partial charge in [0.25, 0.3) is 12.4 Å². The van der Waals surface area contributed by atoms with Gasteiger partial charge in [-0.15, -0.1) is 0 Å². The third-order valence-electron chi connectivity index (χ3n) is 7.27. The second-order valence-electron chi connectivity index (χ2n) is 11.5. The molecule has 236 valence electrons. The van der Waals surface area contributed by atoms with Crippen molar-refractivity contribution in [3.63, 3.8) is 0 Å². The topological polar surface area (TPSA) is 141 Å². The second-order valence-corrected chi connectivity index (χ2v) is 15.5. The van der Waals surface area contributed by atoms with Gasteiger partial charge in [-0.3, -0.25) is 13.9 Å². The fourth-order valence-electron chi connectivity index (χ4n) is 5.07. The van der Waals surface area contributed by atoms with E-state index >= 15 is 0 Å². The predicted octanol–water partition coefficient (Wildman–Crippen LogP) is 3.51. The number of hydrogen-bond donors (Lipinski definition) is 4. The van der Waals surface area contributed by atoms with Crippen LogP contribution < -0.4 is 14.9 Å². The van der Waals surface area contributed by atoms with Gasteiger partial charge in [0.2, 0.25) is 10.0 Å². The summed E-state index contributed by atoms with van der Waals surface area (Å²) in [4.78, 5) is 22.1. The molecule has 3 aromatic rings. The molecule has 2 atom stereocenters. The van der Waals surface area contributed by atoms with Gasteiger partial charge in [0, 0.05) is 54.3 Å². The lowest BCUT2D eigenvalue weighted by Crippen LogP contribution is -2.49. The van der Waals surface area contributed by atoms with Crippen LogP contribution in [0.15, 0.2) is 48.7 Å². The Labute approximate surface area is 258 Å². The summed E-state index contributed by atoms with van der Waals surface area (Å²) in [5, 5.41) is 25.3. The molecule has 12 heteroatoms. The predicted molar refractivity (Wildman–Crippen MR) is 175 cm³/mol. The number of hydrogen-bond acceptors (Lipinski definition) is 7. The molecule has 2 heterocycles. The normalized spacial score (nSPS) is 15.6. The summed E-state index contributed by atoms with van der Waals surface area (Å²) in [6, 6.07) is 12.7. The molecule has 0 aliphatic carbocycles. The van der Waals surface area contributed by atoms with E-state index in [1.807, 2.05) is 61.3 Å². The van der Waals surface area contributed by atoms with Gasteiger partial charge in [0.15, 0.2) is 0 Å². The minimum atomic E-state index is -3.50. The van der Waals surface area contributed by atoms with Crippen molar-refractivity contribution >= 4 is 50.8 Å². The van der Waals surface area contributed by atoms with Crippen LogP contribution in [0.2, 0.25) is 0 Å². The number of thioether (sulfide) groups is 1. The number of benzene rings is 2. The number of aromatic nitrogens is 1. The van der Waals surface area contributed by atoms with E-state index in [-0.39, 0.29) is 22.9 Å². The van der Waals surface area contributed by atoms with Crippen molar-refractivity contribution in [3.05, 3.63) is 65.4 Å². The first-order valence-electron chi connectivity index (χ1n) is 14.4. The number of sulfonamides is 1. The quantitative estimate of drug-likeness (QED) is 0.186. The highest BCUT2D eigenvalue weighted by molar-refractivity contribution is 8.00. The summed E-state index contributed by atoms with van der Waals surface area (Å²) in [6.45, 7) is 10.1. The number of aliphatic hydroxyl groups excluding tert-OH is 1. The number of aliphatic hydroxyl groups is 1. The van der Waals surface area contributed by atoms with E-state index in [1.165, 1.54) is 4.31 Å². The average molecular weight is 633 g/mol. The van der Waals surface area contributed by atoms with Crippen molar-refractivity contribution in [2.24, 2.45) is 0 Å². The van der Waals surface area contributed by atoms with Crippen LogP contribution >= 0.6 is 11.8 Å². The zero-order valence-corrected chi connectivity index (χ0v) is 27.2. The maximum atomic E-state index is 13.7. The molecule has 0 spiro atoms. The highest BCUT2D eigenvalue weighted by Gasteiger charge is 2.29. The van der Waals surface area contributed by atoms with Crippen molar-refractivity contribution in [2.45, 2.75) is 64.0 Å². The van der Waals surface area contributed by atoms with Gasteiger partial charge >= 0.3 is 0 Å². The van der Waals surface area contributed by atoms with Crippen LogP contribution in [0.1, 0.15) is 49.2 Å². The molecule has 1 amide bonds. The van der Waals surface area contributed by atoms with E-state index in [0.29, 0.717) is 37.2 Å². The molecule has 0 unspecified atom stereocenters. The summed E-state index contributed by atoms with van der Waals surface area (Å²) in [5.74, 6) is 0.598. The summed E-state index contributed by atoms with van der Waals surface area (Å²) < 4.78 is 29.3. The fourth-order valence-corrected chi connectivity index (χ4v) is 7.12. The molecule has 10 nitrogen and oxygen atoms in total. The Morgan fingerprint density at radius 2 is 1.86 bits per heavy atom. The Balaban J connectivity index is 0.00000162. The number of carboxylic acid groups (broad SMARTS) is 1. The molecule has 1 aromatic heterocycles. The van der Waals surface area contributed by atoms with Gasteiger partial charge in [-0.2, -0.15) is 11.8 Å². The van der Waals surface area contributed by atoms with E-state index in [4.69, 9.17) is 9.90 Å². The molecule has 0 radical (unpaired) electrons. The molecule has 0 fully saturated rings. The van der Waals surface area contributed by atoms with E-state index in [0.717, 1.165) is 34.3 Å². The molecule has 0 saturated carbocycles. The summed E-state index contributed by atoms with van der Waals surface area (Å²) in [7, 11) is -1.95. The standard InChI is InChI=1S/C30H42N4O4S2.CH2O2/c1-6-34-20-22-12-15-40(37,38)33(5)25-17-23(18-26(34)28(22)25)29(36)32-24(16-21-10-8-7-9-11-21)27(35)19-31-13-14-39-30(2,3)4;2-1-3/h7-11,17-18,20,24,27,31,35H,6,12-16,19H2,1-5H3,(H,32,36);1H,(H,2,3)/t24-,27+;/m0./s1. The number of carbonyl (C=O) groups excluding carboxylic acids is 1. The number of nitrogens with zero attached hydrogens (tertiary/aromatic N) is 2. The summed E-state index contributed by atoms with van der Waals surface area (Å²) in [6.07, 6.45) is 2.07. The number of amides is 1. The van der Waals surface area contributed by atoms with Crippen LogP contribution in [0.4, 0.5) is 5.69 Å². The van der Waals surface area contributed by atoms with E-state index < -0.39 is 22.2 Å². The number of rotatable bonds is 11. The van der Waals surface area contributed by atoms with Crippen LogP contribution in [0.5, 0.6) is 0 Å². The Hall–Kier alpha value is -3.06. The Morgan fingerprint density at radius 3 is 2.49 bits per heavy atom. The Bertz CT molecular complexity index is 1490. The Kier molecular flexibility index (Phi) is 12.1. The molecular weight excluding hydrogens is 588 g/mol. The lowest BCUT2D eigenvalue weighted by molar-refractivity contribution is -0.122. The van der Waals surface area contributed by atoms with Gasteiger partial charge in [-0.05, 0) is 43.0 Å². The molecule has 0 bridgehead atoms. The minimum absolute atomic E-state index is 0.0230. The maximum Gasteiger partial charge on any atom is 0.290 e. The van der Waals surface area contributed by atoms with E-state index in [2.05, 4.69) is 36.0 Å². The first kappa shape index (κ1) is 34.4. The molecule has 1 aliphatic heterocycles. The number of anilines is 1. The van der Waals surface area contributed by atoms with Gasteiger partial charge in [-0.25, -0.2) is 8.42 Å². The molecule has 4 rings (SSSR count). The second kappa shape index (κ2) is 15.1. The summed E-state index contributed by atoms with van der Waals surface area (Å²) in [5.41, 5.74) is 3.70. The van der Waals surface area contributed by atoms with Gasteiger partial charge < -0.3 is 25.4 Å². The van der Waals surface area contributed by atoms with Crippen molar-refractivity contribution in [1.29, 1.82) is 0 Å². The number of carbonyl (C=O) groups is 2. The van der Waals surface area contributed by atoms with Crippen molar-refractivity contribution in [1.82, 2.24) is 15.2 Å². The largest absolute Gasteiger partial charge is 0.483 e. The van der Waals surface area contributed by atoms with Gasteiger partial charge in [0.1, 0.15) is 0 Å². The van der Waals surface area contributed by atoms with E-state index in [9.17, 15) is 18.3 Å². The third-order valence-corrected chi connectivity index (χ3v) is 10.3. The number of nitrogens with one attached hydrogen (secondary N) is 2. The van der Waals surface area contributed by atoms with E-state index in [1.54, 1.807) is 13.1 Å². The Morgan fingerprint density at radius 1 is 1.19 bits per heavy atom. The van der Waals surface area contributed by atoms with Crippen LogP contribution in [0.25, 0.3) is 10.9 Å². The van der Waals surface area contributed by atoms with Crippen molar-refractivity contribution in [2.75, 3.05) is 35.9 Å². The molecule has 43 heavy (non-hydrogen) atoms. The van der Waals surface area contributed by atoms with Crippen LogP contribution in [-0.2, 0) is 34.2 Å². The van der Waals surface area contributed by atoms with Crippen LogP contribution in [0.3, 0.4) is 0 Å². The molecular formula is C31H44N4O6S2. The fraction of sp³-hybridized carbons (Fsp3) is 0.484. The molecule has 2 aromatic carbocycles. The minimum Gasteiger partial charge on any atom is -0.483 e. The SMILES string of the molecule is CCn1cc2c3c(cc(C(=O)N[C@@H](Cc4ccccc4)[C@H](O)CNCCSC(C)(C)C)cc31)N(C)S(=O)(=O)CC2.O=CO. The van der Waals surface area contributed by atoms with Crippen LogP contribution in [0, 0.1) is 0 Å². The van der Waals surface area contributed by atoms with Crippen molar-refractivity contribution < 1.29 is 28.2 Å². The van der Waals surface area contributed by atoms with Crippen molar-refractivity contribution in [3.8, 4) is 0 Å². The first-order chi connectivity index (χ1) is 20.3. The number of aryl methyl sites for hydroxylation is 2. The molecule has 1 aliphatic rings. The molecule has 4 N–H and O–H groups in total. The monoisotopic (exact) mass is 632 g/mol. The average Bonchev–Trinajstić information content (AvgIpc) is 3.28. The maximum absolute atomic E-state index is 13.7. The third kappa shape index (κ3) is 9.21. The smallest absolute Gasteiger partial charge is 0.290 e.